The maximum atomic E-state index is 9.60. The van der Waals surface area contributed by atoms with Gasteiger partial charge in [0.05, 0.1) is 95.5 Å². The van der Waals surface area contributed by atoms with Crippen LogP contribution in [0.3, 0.4) is 0 Å². The van der Waals surface area contributed by atoms with Gasteiger partial charge in [0.1, 0.15) is 0 Å². The minimum Gasteiger partial charge on any atom is -0.478 e. The maximum absolute atomic E-state index is 9.60. The number of hydrogen-bond acceptors (Lipinski definition) is 14. The number of carboxylic acid groups (broad SMARTS) is 2. The first-order valence-electron chi connectivity index (χ1n) is 11.1. The van der Waals surface area contributed by atoms with Crippen molar-refractivity contribution in [3.63, 3.8) is 0 Å². The predicted molar refractivity (Wildman–Crippen MR) is 137 cm³/mol. The Morgan fingerprint density at radius 1 is 0.410 bits per heavy atom. The molecule has 0 rings (SSSR count). The molecule has 0 aliphatic carbocycles. The minimum atomic E-state index is -1.11. The number of hydrogen-bond donors (Lipinski definition) is 14. The summed E-state index contributed by atoms with van der Waals surface area (Å²) in [6, 6.07) is 0. The first kappa shape index (κ1) is 46.8. The number of carboxylic acids is 2. The van der Waals surface area contributed by atoms with Crippen LogP contribution in [0.4, 0.5) is 0 Å². The Morgan fingerprint density at radius 2 is 0.487 bits per heavy atom. The van der Waals surface area contributed by atoms with Crippen molar-refractivity contribution in [2.24, 2.45) is 16.2 Å². The molecular formula is C23H48O16. The normalized spacial score (nSPS) is 10.6. The van der Waals surface area contributed by atoms with E-state index in [1.807, 2.05) is 0 Å². The highest BCUT2D eigenvalue weighted by atomic mass is 16.4. The Hall–Kier alpha value is -2.06. The number of rotatable bonds is 14. The van der Waals surface area contributed by atoms with Crippen molar-refractivity contribution >= 4 is 11.9 Å². The van der Waals surface area contributed by atoms with Crippen LogP contribution in [0.15, 0.2) is 24.3 Å². The molecule has 0 aromatic heterocycles. The molecule has 0 aliphatic rings. The monoisotopic (exact) mass is 580 g/mol. The van der Waals surface area contributed by atoms with Crippen molar-refractivity contribution in [1.82, 2.24) is 0 Å². The van der Waals surface area contributed by atoms with Crippen LogP contribution in [-0.2, 0) is 9.59 Å². The lowest BCUT2D eigenvalue weighted by molar-refractivity contribution is -0.133. The summed E-state index contributed by atoms with van der Waals surface area (Å²) in [4.78, 5) is 19.2. The van der Waals surface area contributed by atoms with Gasteiger partial charge in [-0.3, -0.25) is 0 Å². The Balaban J connectivity index is -0.000000125. The second-order valence-electron chi connectivity index (χ2n) is 8.57. The number of aliphatic hydroxyl groups excluding tert-OH is 12. The summed E-state index contributed by atoms with van der Waals surface area (Å²) >= 11 is 0. The molecule has 16 nitrogen and oxygen atoms in total. The summed E-state index contributed by atoms with van der Waals surface area (Å²) < 4.78 is 0. The Bertz CT molecular complexity index is 478. The van der Waals surface area contributed by atoms with E-state index in [0.29, 0.717) is 0 Å². The van der Waals surface area contributed by atoms with Gasteiger partial charge in [-0.2, -0.15) is 0 Å². The van der Waals surface area contributed by atoms with Crippen LogP contribution >= 0.6 is 0 Å². The summed E-state index contributed by atoms with van der Waals surface area (Å²) in [5, 5.41) is 118. The van der Waals surface area contributed by atoms with E-state index in [2.05, 4.69) is 13.2 Å². The molecule has 0 amide bonds. The van der Waals surface area contributed by atoms with Gasteiger partial charge in [0.15, 0.2) is 0 Å². The zero-order valence-electron chi connectivity index (χ0n) is 22.5. The van der Waals surface area contributed by atoms with Gasteiger partial charge in [0.2, 0.25) is 0 Å². The molecule has 14 N–H and O–H groups in total. The maximum Gasteiger partial charge on any atom is 0.330 e. The fourth-order valence-electron chi connectivity index (χ4n) is 0.900. The summed E-state index contributed by atoms with van der Waals surface area (Å²) in [5.41, 5.74) is -2.98. The third-order valence-corrected chi connectivity index (χ3v) is 4.76. The number of carbonyl (C=O) groups is 2. The first-order chi connectivity index (χ1) is 18.0. The standard InChI is InChI=1S/3C5H12O4.2C4H6O2/c3*6-1-5(2-7,3-8)4-9;2*1-3(2)4(5)6/h3*6-9H,1-4H2;2*1H2,2H3,(H,5,6). The lowest BCUT2D eigenvalue weighted by Crippen LogP contribution is -2.37. The molecule has 0 saturated heterocycles. The Kier molecular flexibility index (Phi) is 33.0. The van der Waals surface area contributed by atoms with Gasteiger partial charge in [0.25, 0.3) is 0 Å². The molecule has 39 heavy (non-hydrogen) atoms. The zero-order valence-corrected chi connectivity index (χ0v) is 22.5. The van der Waals surface area contributed by atoms with Crippen molar-refractivity contribution in [3.05, 3.63) is 24.3 Å². The highest BCUT2D eigenvalue weighted by molar-refractivity contribution is 5.85. The molecule has 0 spiro atoms. The summed E-state index contributed by atoms with van der Waals surface area (Å²) in [6.07, 6.45) is 0. The zero-order chi connectivity index (χ0) is 32.3. The highest BCUT2D eigenvalue weighted by Gasteiger charge is 2.27. The molecule has 0 heterocycles. The van der Waals surface area contributed by atoms with E-state index < -0.39 is 107 Å². The molecule has 0 radical (unpaired) electrons. The van der Waals surface area contributed by atoms with Gasteiger partial charge in [-0.1, -0.05) is 13.2 Å². The SMILES string of the molecule is C=C(C)C(=O)O.C=C(C)C(=O)O.OCC(CO)(CO)CO.OCC(CO)(CO)CO.OCC(CO)(CO)CO. The molecule has 16 heteroatoms. The second-order valence-corrected chi connectivity index (χ2v) is 8.57. The van der Waals surface area contributed by atoms with Crippen LogP contribution in [0.5, 0.6) is 0 Å². The smallest absolute Gasteiger partial charge is 0.330 e. The molecular weight excluding hydrogens is 532 g/mol. The van der Waals surface area contributed by atoms with Gasteiger partial charge < -0.3 is 71.5 Å². The topological polar surface area (TPSA) is 317 Å². The van der Waals surface area contributed by atoms with Gasteiger partial charge in [-0.05, 0) is 13.8 Å². The molecule has 0 aliphatic heterocycles. The third-order valence-electron chi connectivity index (χ3n) is 4.76. The van der Waals surface area contributed by atoms with Gasteiger partial charge in [-0.15, -0.1) is 0 Å². The lowest BCUT2D eigenvalue weighted by atomic mass is 9.93. The van der Waals surface area contributed by atoms with Gasteiger partial charge in [-0.25, -0.2) is 9.59 Å². The summed E-state index contributed by atoms with van der Waals surface area (Å²) in [5.74, 6) is -1.87. The number of aliphatic hydroxyl groups is 12. The van der Waals surface area contributed by atoms with Crippen molar-refractivity contribution in [3.8, 4) is 0 Å². The van der Waals surface area contributed by atoms with E-state index in [4.69, 9.17) is 71.5 Å². The van der Waals surface area contributed by atoms with Crippen molar-refractivity contribution in [1.29, 1.82) is 0 Å². The molecule has 0 aromatic carbocycles. The average Bonchev–Trinajstić information content (AvgIpc) is 2.95. The van der Waals surface area contributed by atoms with Crippen LogP contribution in [0, 0.1) is 16.2 Å². The van der Waals surface area contributed by atoms with Crippen LogP contribution < -0.4 is 0 Å². The molecule has 0 bridgehead atoms. The van der Waals surface area contributed by atoms with E-state index in [1.54, 1.807) is 0 Å². The molecule has 0 aromatic rings. The second kappa shape index (κ2) is 27.5. The van der Waals surface area contributed by atoms with Crippen LogP contribution in [0.1, 0.15) is 13.8 Å². The van der Waals surface area contributed by atoms with Crippen LogP contribution in [0.2, 0.25) is 0 Å². The minimum absolute atomic E-state index is 0.176. The molecule has 236 valence electrons. The van der Waals surface area contributed by atoms with E-state index in [9.17, 15) is 9.59 Å². The lowest BCUT2D eigenvalue weighted by Gasteiger charge is -2.23. The van der Waals surface area contributed by atoms with E-state index in [0.717, 1.165) is 0 Å². The van der Waals surface area contributed by atoms with Crippen LogP contribution in [-0.4, -0.2) is 163 Å². The van der Waals surface area contributed by atoms with Gasteiger partial charge >= 0.3 is 11.9 Å². The fraction of sp³-hybridized carbons (Fsp3) is 0.739. The predicted octanol–water partition coefficient (Wildman–Crippen LogP) is -4.88. The summed E-state index contributed by atoms with van der Waals surface area (Å²) in [7, 11) is 0. The first-order valence-corrected chi connectivity index (χ1v) is 11.1. The molecule has 0 fully saturated rings. The van der Waals surface area contributed by atoms with Crippen molar-refractivity contribution in [2.45, 2.75) is 13.8 Å². The quantitative estimate of drug-likeness (QED) is 0.0856. The van der Waals surface area contributed by atoms with E-state index in [1.165, 1.54) is 13.8 Å². The van der Waals surface area contributed by atoms with E-state index in [-0.39, 0.29) is 11.1 Å². The molecule has 0 atom stereocenters. The van der Waals surface area contributed by atoms with Crippen LogP contribution in [0.25, 0.3) is 0 Å². The Morgan fingerprint density at radius 3 is 0.487 bits per heavy atom. The molecule has 0 unspecified atom stereocenters. The van der Waals surface area contributed by atoms with Gasteiger partial charge in [0, 0.05) is 11.1 Å². The van der Waals surface area contributed by atoms with Crippen molar-refractivity contribution in [2.75, 3.05) is 79.3 Å². The fourth-order valence-corrected chi connectivity index (χ4v) is 0.900. The van der Waals surface area contributed by atoms with Crippen molar-refractivity contribution < 1.29 is 81.1 Å². The average molecular weight is 581 g/mol. The molecule has 0 saturated carbocycles. The summed E-state index contributed by atoms with van der Waals surface area (Å²) in [6.45, 7) is 4.33. The highest BCUT2D eigenvalue weighted by Crippen LogP contribution is 2.13. The van der Waals surface area contributed by atoms with E-state index >= 15 is 0 Å². The third kappa shape index (κ3) is 23.5. The number of aliphatic carboxylic acids is 2. The Labute approximate surface area is 227 Å². The largest absolute Gasteiger partial charge is 0.478 e.